The van der Waals surface area contributed by atoms with Crippen molar-refractivity contribution >= 4 is 5.91 Å². The summed E-state index contributed by atoms with van der Waals surface area (Å²) in [6, 6.07) is 0.230. The van der Waals surface area contributed by atoms with Gasteiger partial charge < -0.3 is 19.5 Å². The molecule has 160 valence electrons. The van der Waals surface area contributed by atoms with E-state index in [2.05, 4.69) is 19.9 Å². The number of ether oxygens (including phenoxy) is 2. The number of amides is 1. The van der Waals surface area contributed by atoms with E-state index in [-0.39, 0.29) is 23.8 Å². The monoisotopic (exact) mass is 413 g/mol. The average Bonchev–Trinajstić information content (AvgIpc) is 2.74. The van der Waals surface area contributed by atoms with E-state index in [1.807, 2.05) is 13.8 Å². The number of likely N-dealkylation sites (tertiary alicyclic amines) is 1. The molecule has 4 rings (SSSR count). The van der Waals surface area contributed by atoms with E-state index in [0.29, 0.717) is 43.4 Å². The van der Waals surface area contributed by atoms with Gasteiger partial charge in [-0.15, -0.1) is 0 Å². The molecule has 30 heavy (non-hydrogen) atoms. The van der Waals surface area contributed by atoms with Crippen molar-refractivity contribution in [3.63, 3.8) is 0 Å². The second-order valence-electron chi connectivity index (χ2n) is 7.69. The molecule has 1 aliphatic carbocycles. The van der Waals surface area contributed by atoms with Crippen molar-refractivity contribution < 1.29 is 19.4 Å². The van der Waals surface area contributed by atoms with Gasteiger partial charge in [0, 0.05) is 43.5 Å². The van der Waals surface area contributed by atoms with E-state index in [1.165, 1.54) is 12.4 Å². The largest absolute Gasteiger partial charge is 0.478 e. The summed E-state index contributed by atoms with van der Waals surface area (Å²) in [5.41, 5.74) is -0.262. The lowest BCUT2D eigenvalue weighted by Gasteiger charge is -2.53. The number of carbonyl (C=O) groups is 1. The molecule has 2 bridgehead atoms. The summed E-state index contributed by atoms with van der Waals surface area (Å²) < 4.78 is 11.2. The number of hydrogen-bond acceptors (Lipinski definition) is 8. The zero-order valence-electron chi connectivity index (χ0n) is 17.3. The van der Waals surface area contributed by atoms with Crippen LogP contribution in [0.25, 0.3) is 0 Å². The van der Waals surface area contributed by atoms with Crippen LogP contribution in [0.1, 0.15) is 49.2 Å². The highest BCUT2D eigenvalue weighted by atomic mass is 16.5. The molecule has 9 nitrogen and oxygen atoms in total. The van der Waals surface area contributed by atoms with Gasteiger partial charge in [-0.2, -0.15) is 4.98 Å². The summed E-state index contributed by atoms with van der Waals surface area (Å²) in [5, 5.41) is 12.0. The molecule has 2 fully saturated rings. The van der Waals surface area contributed by atoms with Gasteiger partial charge in [0.1, 0.15) is 11.3 Å². The quantitative estimate of drug-likeness (QED) is 0.764. The number of rotatable bonds is 6. The fourth-order valence-corrected chi connectivity index (χ4v) is 4.70. The van der Waals surface area contributed by atoms with Gasteiger partial charge >= 0.3 is 6.01 Å². The van der Waals surface area contributed by atoms with Gasteiger partial charge in [-0.1, -0.05) is 6.42 Å². The van der Waals surface area contributed by atoms with Crippen molar-refractivity contribution in [2.45, 2.75) is 38.7 Å². The lowest BCUT2D eigenvalue weighted by atomic mass is 9.63. The minimum Gasteiger partial charge on any atom is -0.478 e. The standard InChI is InChI=1S/C21H27N5O4/c1-3-29-18-16(10-24-20(25-18)30-4-2)21(28)14-6-5-7-15(21)13-26(12-14)19(27)17-11-22-8-9-23-17/h8-11,14-15,28H,3-7,12-13H2,1-2H3/t14-,15+,21?. The topological polar surface area (TPSA) is 111 Å². The van der Waals surface area contributed by atoms with Crippen molar-refractivity contribution in [3.8, 4) is 11.9 Å². The van der Waals surface area contributed by atoms with Gasteiger partial charge in [0.25, 0.3) is 5.91 Å². The van der Waals surface area contributed by atoms with Crippen LogP contribution >= 0.6 is 0 Å². The number of aliphatic hydroxyl groups is 1. The molecular weight excluding hydrogens is 386 g/mol. The van der Waals surface area contributed by atoms with Gasteiger partial charge in [-0.05, 0) is 26.7 Å². The zero-order chi connectivity index (χ0) is 21.1. The predicted octanol–water partition coefficient (Wildman–Crippen LogP) is 1.82. The Kier molecular flexibility index (Phi) is 5.80. The van der Waals surface area contributed by atoms with Crippen LogP contribution in [-0.2, 0) is 5.60 Å². The third-order valence-electron chi connectivity index (χ3n) is 6.02. The van der Waals surface area contributed by atoms with Crippen LogP contribution in [0.5, 0.6) is 11.9 Å². The highest BCUT2D eigenvalue weighted by Crippen LogP contribution is 2.51. The number of hydrogen-bond donors (Lipinski definition) is 1. The fraction of sp³-hybridized carbons (Fsp3) is 0.571. The van der Waals surface area contributed by atoms with Crippen LogP contribution < -0.4 is 9.47 Å². The van der Waals surface area contributed by atoms with Crippen LogP contribution in [0.3, 0.4) is 0 Å². The molecule has 2 aromatic heterocycles. The van der Waals surface area contributed by atoms with Crippen molar-refractivity contribution in [1.29, 1.82) is 0 Å². The molecule has 3 heterocycles. The maximum Gasteiger partial charge on any atom is 0.319 e. The number of nitrogens with zero attached hydrogens (tertiary/aromatic N) is 5. The fourth-order valence-electron chi connectivity index (χ4n) is 4.70. The minimum absolute atomic E-state index is 0.147. The van der Waals surface area contributed by atoms with Crippen LogP contribution in [0.2, 0.25) is 0 Å². The van der Waals surface area contributed by atoms with Gasteiger partial charge in [-0.3, -0.25) is 9.78 Å². The number of carbonyl (C=O) groups excluding carboxylic acids is 1. The molecule has 1 N–H and O–H groups in total. The molecule has 1 aliphatic heterocycles. The Morgan fingerprint density at radius 1 is 1.13 bits per heavy atom. The highest BCUT2D eigenvalue weighted by Gasteiger charge is 2.54. The van der Waals surface area contributed by atoms with Gasteiger partial charge in [0.2, 0.25) is 5.88 Å². The van der Waals surface area contributed by atoms with E-state index in [1.54, 1.807) is 17.3 Å². The highest BCUT2D eigenvalue weighted by molar-refractivity contribution is 5.92. The lowest BCUT2D eigenvalue weighted by Crippen LogP contribution is -2.59. The third-order valence-corrected chi connectivity index (χ3v) is 6.02. The SMILES string of the molecule is CCOc1ncc(C2(O)[C@@H]3CCC[C@H]2CN(C(=O)c2cnccn2)C3)c(OCC)n1. The molecular formula is C21H27N5O4. The first kappa shape index (κ1) is 20.5. The Hall–Kier alpha value is -2.81. The molecule has 0 radical (unpaired) electrons. The second-order valence-corrected chi connectivity index (χ2v) is 7.69. The summed E-state index contributed by atoms with van der Waals surface area (Å²) in [6.45, 7) is 5.46. The molecule has 3 atom stereocenters. The van der Waals surface area contributed by atoms with E-state index in [0.717, 1.165) is 19.3 Å². The van der Waals surface area contributed by atoms with Crippen molar-refractivity contribution in [2.75, 3.05) is 26.3 Å². The molecule has 9 heteroatoms. The van der Waals surface area contributed by atoms with E-state index in [9.17, 15) is 9.90 Å². The molecule has 2 aromatic rings. The van der Waals surface area contributed by atoms with Gasteiger partial charge in [-0.25, -0.2) is 9.97 Å². The Morgan fingerprint density at radius 3 is 2.50 bits per heavy atom. The van der Waals surface area contributed by atoms with Crippen molar-refractivity contribution in [2.24, 2.45) is 11.8 Å². The van der Waals surface area contributed by atoms with E-state index < -0.39 is 5.60 Å². The molecule has 0 spiro atoms. The summed E-state index contributed by atoms with van der Waals surface area (Å²) in [7, 11) is 0. The Labute approximate surface area is 175 Å². The molecule has 1 saturated heterocycles. The first-order valence-corrected chi connectivity index (χ1v) is 10.5. The summed E-state index contributed by atoms with van der Waals surface area (Å²) in [4.78, 5) is 31.5. The number of aromatic nitrogens is 4. The first-order valence-electron chi connectivity index (χ1n) is 10.5. The third kappa shape index (κ3) is 3.58. The predicted molar refractivity (Wildman–Crippen MR) is 107 cm³/mol. The van der Waals surface area contributed by atoms with Crippen LogP contribution in [0.4, 0.5) is 0 Å². The van der Waals surface area contributed by atoms with Crippen molar-refractivity contribution in [1.82, 2.24) is 24.8 Å². The van der Waals surface area contributed by atoms with Gasteiger partial charge in [0.15, 0.2) is 0 Å². The summed E-state index contributed by atoms with van der Waals surface area (Å²) >= 11 is 0. The van der Waals surface area contributed by atoms with Crippen LogP contribution in [-0.4, -0.2) is 62.2 Å². The summed E-state index contributed by atoms with van der Waals surface area (Å²) in [5.74, 6) is -0.100. The van der Waals surface area contributed by atoms with E-state index >= 15 is 0 Å². The normalized spacial score (nSPS) is 25.6. The van der Waals surface area contributed by atoms with Crippen LogP contribution in [0.15, 0.2) is 24.8 Å². The Morgan fingerprint density at radius 2 is 1.87 bits per heavy atom. The molecule has 1 saturated carbocycles. The second kappa shape index (κ2) is 8.51. The molecule has 1 unspecified atom stereocenters. The molecule has 1 amide bonds. The minimum atomic E-state index is -1.16. The number of piperidine rings is 1. The smallest absolute Gasteiger partial charge is 0.319 e. The van der Waals surface area contributed by atoms with Gasteiger partial charge in [0.05, 0.1) is 25.0 Å². The van der Waals surface area contributed by atoms with Crippen molar-refractivity contribution in [3.05, 3.63) is 36.0 Å². The lowest BCUT2D eigenvalue weighted by molar-refractivity contribution is -0.141. The summed E-state index contributed by atoms with van der Waals surface area (Å²) in [6.07, 6.45) is 8.77. The average molecular weight is 413 g/mol. The zero-order valence-corrected chi connectivity index (χ0v) is 17.3. The molecule has 2 aliphatic rings. The first-order chi connectivity index (χ1) is 14.6. The maximum absolute atomic E-state index is 12.9. The Balaban J connectivity index is 1.66. The Bertz CT molecular complexity index is 880. The molecule has 0 aromatic carbocycles. The number of fused-ring (bicyclic) bond motifs is 2. The maximum atomic E-state index is 12.9. The van der Waals surface area contributed by atoms with Crippen LogP contribution in [0, 0.1) is 11.8 Å². The van der Waals surface area contributed by atoms with E-state index in [4.69, 9.17) is 9.47 Å².